The number of fused-ring (bicyclic) bond motifs is 2. The molecule has 3 aromatic carbocycles. The van der Waals surface area contributed by atoms with Crippen molar-refractivity contribution in [3.05, 3.63) is 95.3 Å². The van der Waals surface area contributed by atoms with Crippen molar-refractivity contribution in [3.63, 3.8) is 0 Å². The largest absolute Gasteiger partial charge is 0.366 e. The van der Waals surface area contributed by atoms with Crippen LogP contribution >= 0.6 is 0 Å². The van der Waals surface area contributed by atoms with Crippen molar-refractivity contribution >= 4 is 53.1 Å². The summed E-state index contributed by atoms with van der Waals surface area (Å²) in [6, 6.07) is 15.4. The van der Waals surface area contributed by atoms with E-state index in [1.807, 2.05) is 0 Å². The van der Waals surface area contributed by atoms with Gasteiger partial charge in [-0.3, -0.25) is 18.6 Å². The van der Waals surface area contributed by atoms with E-state index in [1.165, 1.54) is 52.8 Å². The predicted molar refractivity (Wildman–Crippen MR) is 187 cm³/mol. The SMILES string of the molecule is CN1CCC=C1NS(=O)(=O)c1cccc(NC(=O)c2ccc3c(c2)C2(CCS(=O)(=O)CC2)C(C2CC2)N3S(=O)(=O)c2ccc(C(N)=O)cc2)c1. The third-order valence-electron chi connectivity index (χ3n) is 10.2. The van der Waals surface area contributed by atoms with Gasteiger partial charge in [-0.2, -0.15) is 0 Å². The minimum atomic E-state index is -4.20. The lowest BCUT2D eigenvalue weighted by atomic mass is 9.70. The summed E-state index contributed by atoms with van der Waals surface area (Å²) in [5.74, 6) is -1.00. The molecule has 1 unspecified atom stereocenters. The number of nitrogens with zero attached hydrogens (tertiary/aromatic N) is 2. The van der Waals surface area contributed by atoms with Gasteiger partial charge >= 0.3 is 0 Å². The van der Waals surface area contributed by atoms with Gasteiger partial charge in [0.1, 0.15) is 15.7 Å². The Kier molecular flexibility index (Phi) is 8.26. The highest BCUT2D eigenvalue weighted by atomic mass is 32.2. The maximum Gasteiger partial charge on any atom is 0.264 e. The molecule has 0 radical (unpaired) electrons. The number of nitrogens with two attached hydrogens (primary N) is 1. The highest BCUT2D eigenvalue weighted by Gasteiger charge is 2.60. The van der Waals surface area contributed by atoms with Gasteiger partial charge in [0, 0.05) is 35.8 Å². The Morgan fingerprint density at radius 1 is 0.900 bits per heavy atom. The maximum atomic E-state index is 14.4. The standard InChI is InChI=1S/C34H37N5O8S3/c1-38-17-3-6-30(38)37-49(44,45)27-5-2-4-25(21-27)36-33(41)24-11-14-29-28(20-24)34(15-18-48(42,43)19-16-34)31(22-7-8-22)39(29)50(46,47)26-12-9-23(10-13-26)32(35)40/h2,4-6,9-14,20-22,31,37H,3,7-8,15-19H2,1H3,(H2,35,40)(H,36,41). The molecule has 2 fully saturated rings. The average Bonchev–Trinajstić information content (AvgIpc) is 3.78. The maximum absolute atomic E-state index is 14.4. The number of hydrogen-bond acceptors (Lipinski definition) is 9. The van der Waals surface area contributed by atoms with Crippen molar-refractivity contribution in [1.82, 2.24) is 9.62 Å². The summed E-state index contributed by atoms with van der Waals surface area (Å²) in [5, 5.41) is 2.78. The first-order valence-electron chi connectivity index (χ1n) is 16.3. The third kappa shape index (κ3) is 6.02. The Labute approximate surface area is 291 Å². The zero-order valence-corrected chi connectivity index (χ0v) is 29.7. The molecule has 16 heteroatoms. The molecule has 264 valence electrons. The molecule has 1 spiro atoms. The molecule has 1 saturated heterocycles. The van der Waals surface area contributed by atoms with Crippen LogP contribution in [0.1, 0.15) is 58.4 Å². The molecule has 13 nitrogen and oxygen atoms in total. The summed E-state index contributed by atoms with van der Waals surface area (Å²) in [6.07, 6.45) is 4.45. The van der Waals surface area contributed by atoms with Gasteiger partial charge in [-0.25, -0.2) is 25.3 Å². The van der Waals surface area contributed by atoms with Crippen LogP contribution in [0.2, 0.25) is 0 Å². The number of benzene rings is 3. The second-order valence-electron chi connectivity index (χ2n) is 13.4. The molecule has 1 atom stereocenters. The average molecular weight is 740 g/mol. The molecule has 3 heterocycles. The molecule has 2 amide bonds. The summed E-state index contributed by atoms with van der Waals surface area (Å²) < 4.78 is 84.5. The van der Waals surface area contributed by atoms with E-state index in [9.17, 15) is 34.8 Å². The van der Waals surface area contributed by atoms with Crippen LogP contribution in [-0.4, -0.2) is 73.1 Å². The fourth-order valence-electron chi connectivity index (χ4n) is 7.44. The second-order valence-corrected chi connectivity index (χ2v) is 19.2. The van der Waals surface area contributed by atoms with E-state index in [0.717, 1.165) is 19.3 Å². The van der Waals surface area contributed by atoms with Gasteiger partial charge in [0.15, 0.2) is 0 Å². The minimum Gasteiger partial charge on any atom is -0.366 e. The second kappa shape index (κ2) is 12.1. The summed E-state index contributed by atoms with van der Waals surface area (Å²) >= 11 is 0. The monoisotopic (exact) mass is 739 g/mol. The van der Waals surface area contributed by atoms with E-state index in [4.69, 9.17) is 5.73 Å². The van der Waals surface area contributed by atoms with Crippen molar-refractivity contribution in [2.75, 3.05) is 34.7 Å². The van der Waals surface area contributed by atoms with Crippen molar-refractivity contribution in [1.29, 1.82) is 0 Å². The van der Waals surface area contributed by atoms with E-state index in [0.29, 0.717) is 23.6 Å². The number of hydrogen-bond donors (Lipinski definition) is 3. The topological polar surface area (TPSA) is 193 Å². The van der Waals surface area contributed by atoms with Crippen molar-refractivity contribution < 1.29 is 34.8 Å². The Hall–Kier alpha value is -4.41. The highest BCUT2D eigenvalue weighted by molar-refractivity contribution is 7.93. The number of amides is 2. The molecule has 0 bridgehead atoms. The van der Waals surface area contributed by atoms with Gasteiger partial charge < -0.3 is 16.0 Å². The molecule has 1 saturated carbocycles. The number of rotatable bonds is 9. The van der Waals surface area contributed by atoms with Crippen LogP contribution in [0.25, 0.3) is 0 Å². The summed E-state index contributed by atoms with van der Waals surface area (Å²) in [5.41, 5.74) is 6.09. The Bertz CT molecular complexity index is 2250. The third-order valence-corrected chi connectivity index (χ3v) is 15.0. The number of sulfone groups is 1. The first-order chi connectivity index (χ1) is 23.6. The molecule has 1 aliphatic carbocycles. The highest BCUT2D eigenvalue weighted by Crippen LogP contribution is 2.59. The normalized spacial score (nSPS) is 21.1. The Morgan fingerprint density at radius 2 is 1.58 bits per heavy atom. The lowest BCUT2D eigenvalue weighted by molar-refractivity contribution is 0.0997. The zero-order chi connectivity index (χ0) is 35.6. The van der Waals surface area contributed by atoms with E-state index >= 15 is 0 Å². The van der Waals surface area contributed by atoms with E-state index in [2.05, 4.69) is 10.0 Å². The van der Waals surface area contributed by atoms with Gasteiger partial charge in [-0.15, -0.1) is 0 Å². The number of carbonyl (C=O) groups excluding carboxylic acids is 2. The first-order valence-corrected chi connectivity index (χ1v) is 21.0. The smallest absolute Gasteiger partial charge is 0.264 e. The van der Waals surface area contributed by atoms with Crippen molar-refractivity contribution in [2.24, 2.45) is 11.7 Å². The molecule has 4 N–H and O–H groups in total. The van der Waals surface area contributed by atoms with Gasteiger partial charge in [0.2, 0.25) is 5.91 Å². The van der Waals surface area contributed by atoms with Crippen molar-refractivity contribution in [3.8, 4) is 0 Å². The molecule has 50 heavy (non-hydrogen) atoms. The van der Waals surface area contributed by atoms with Crippen LogP contribution < -0.4 is 20.1 Å². The predicted octanol–water partition coefficient (Wildman–Crippen LogP) is 2.93. The van der Waals surface area contributed by atoms with Crippen LogP contribution in [-0.2, 0) is 35.3 Å². The Morgan fingerprint density at radius 3 is 2.20 bits per heavy atom. The molecule has 7 rings (SSSR count). The number of primary amides is 1. The number of sulfonamides is 2. The molecule has 3 aromatic rings. The fraction of sp³-hybridized carbons (Fsp3) is 0.353. The Balaban J connectivity index is 1.25. The molecule has 0 aromatic heterocycles. The van der Waals surface area contributed by atoms with Crippen LogP contribution in [0.4, 0.5) is 11.4 Å². The fourth-order valence-corrected chi connectivity index (χ4v) is 12.0. The number of carbonyl (C=O) groups is 2. The van der Waals surface area contributed by atoms with Crippen LogP contribution in [0.5, 0.6) is 0 Å². The molecule has 4 aliphatic rings. The molecular formula is C34H37N5O8S3. The van der Waals surface area contributed by atoms with E-state index in [1.54, 1.807) is 36.2 Å². The van der Waals surface area contributed by atoms with Gasteiger partial charge in [0.25, 0.3) is 26.0 Å². The van der Waals surface area contributed by atoms with E-state index < -0.39 is 53.2 Å². The lowest BCUT2D eigenvalue weighted by Gasteiger charge is -2.41. The summed E-state index contributed by atoms with van der Waals surface area (Å²) in [7, 11) is -9.70. The summed E-state index contributed by atoms with van der Waals surface area (Å²) in [4.78, 5) is 27.1. The van der Waals surface area contributed by atoms with Crippen molar-refractivity contribution in [2.45, 2.75) is 53.4 Å². The minimum absolute atomic E-state index is 0.0155. The zero-order valence-electron chi connectivity index (χ0n) is 27.2. The molecular weight excluding hydrogens is 703 g/mol. The van der Waals surface area contributed by atoms with Crippen LogP contribution in [0.3, 0.4) is 0 Å². The quantitative estimate of drug-likeness (QED) is 0.296. The number of nitrogens with one attached hydrogen (secondary N) is 2. The van der Waals surface area contributed by atoms with E-state index in [-0.39, 0.29) is 56.9 Å². The molecule has 3 aliphatic heterocycles. The first kappa shape index (κ1) is 34.1. The van der Waals surface area contributed by atoms with Gasteiger partial charge in [-0.05, 0) is 110 Å². The summed E-state index contributed by atoms with van der Waals surface area (Å²) in [6.45, 7) is 0.695. The number of anilines is 2. The lowest BCUT2D eigenvalue weighted by Crippen LogP contribution is -2.52. The van der Waals surface area contributed by atoms with Crippen LogP contribution in [0, 0.1) is 5.92 Å². The van der Waals surface area contributed by atoms with Gasteiger partial charge in [-0.1, -0.05) is 6.07 Å². The van der Waals surface area contributed by atoms with Gasteiger partial charge in [0.05, 0.1) is 33.0 Å². The van der Waals surface area contributed by atoms with Crippen LogP contribution in [0.15, 0.2) is 88.4 Å².